The van der Waals surface area contributed by atoms with Crippen molar-refractivity contribution >= 4 is 39.8 Å². The standard InChI is InChI=1S/C23H25BrN4O5S/c1-14-9-17(31-2)8-7-16(14)5-4-6-21-27-28-23(33-21)34-13-20(29)26-25-12-15-10-18(24)22(30)19(11-15)32-3/h7-12,30H,4-6,13H2,1-3H3,(H,26,29)/b25-12+. The number of aromatic hydroxyl groups is 1. The van der Waals surface area contributed by atoms with E-state index in [1.807, 2.05) is 12.1 Å². The largest absolute Gasteiger partial charge is 0.503 e. The van der Waals surface area contributed by atoms with Gasteiger partial charge in [0.15, 0.2) is 11.5 Å². The average Bonchev–Trinajstić information content (AvgIpc) is 3.28. The molecular weight excluding hydrogens is 524 g/mol. The number of hydrazone groups is 1. The van der Waals surface area contributed by atoms with Crippen LogP contribution in [0.25, 0.3) is 0 Å². The fourth-order valence-electron chi connectivity index (χ4n) is 3.07. The van der Waals surface area contributed by atoms with Gasteiger partial charge in [-0.15, -0.1) is 10.2 Å². The van der Waals surface area contributed by atoms with Crippen LogP contribution in [0.15, 0.2) is 49.5 Å². The van der Waals surface area contributed by atoms with E-state index < -0.39 is 0 Å². The van der Waals surface area contributed by atoms with E-state index in [1.54, 1.807) is 19.2 Å². The van der Waals surface area contributed by atoms with Crippen LogP contribution in [-0.4, -0.2) is 47.4 Å². The summed E-state index contributed by atoms with van der Waals surface area (Å²) < 4.78 is 16.4. The second-order valence-electron chi connectivity index (χ2n) is 7.24. The first kappa shape index (κ1) is 25.6. The zero-order valence-corrected chi connectivity index (χ0v) is 21.4. The average molecular weight is 549 g/mol. The Morgan fingerprint density at radius 3 is 2.79 bits per heavy atom. The predicted molar refractivity (Wildman–Crippen MR) is 133 cm³/mol. The number of methoxy groups -OCH3 is 2. The zero-order chi connectivity index (χ0) is 24.5. The molecule has 2 N–H and O–H groups in total. The number of halogens is 1. The second kappa shape index (κ2) is 12.4. The molecule has 34 heavy (non-hydrogen) atoms. The monoisotopic (exact) mass is 548 g/mol. The number of benzene rings is 2. The van der Waals surface area contributed by atoms with Crippen molar-refractivity contribution in [1.29, 1.82) is 0 Å². The van der Waals surface area contributed by atoms with Gasteiger partial charge >= 0.3 is 0 Å². The molecular formula is C23H25BrN4O5S. The lowest BCUT2D eigenvalue weighted by molar-refractivity contribution is -0.118. The number of thioether (sulfide) groups is 1. The first-order valence-electron chi connectivity index (χ1n) is 10.4. The van der Waals surface area contributed by atoms with Crippen molar-refractivity contribution in [2.45, 2.75) is 31.4 Å². The van der Waals surface area contributed by atoms with Gasteiger partial charge in [-0.3, -0.25) is 4.79 Å². The van der Waals surface area contributed by atoms with Crippen molar-refractivity contribution in [3.05, 3.63) is 57.4 Å². The summed E-state index contributed by atoms with van der Waals surface area (Å²) in [5, 5.41) is 22.1. The van der Waals surface area contributed by atoms with E-state index in [9.17, 15) is 9.90 Å². The van der Waals surface area contributed by atoms with Gasteiger partial charge in [0.25, 0.3) is 11.1 Å². The number of aromatic nitrogens is 2. The number of hydrogen-bond acceptors (Lipinski definition) is 9. The number of nitrogens with one attached hydrogen (secondary N) is 1. The summed E-state index contributed by atoms with van der Waals surface area (Å²) in [5.41, 5.74) is 5.52. The number of phenols is 1. The number of hydrogen-bond donors (Lipinski definition) is 2. The van der Waals surface area contributed by atoms with Gasteiger partial charge in [0.2, 0.25) is 5.89 Å². The van der Waals surface area contributed by atoms with E-state index in [1.165, 1.54) is 24.5 Å². The van der Waals surface area contributed by atoms with Gasteiger partial charge in [-0.25, -0.2) is 5.43 Å². The molecule has 0 spiro atoms. The Morgan fingerprint density at radius 2 is 2.06 bits per heavy atom. The van der Waals surface area contributed by atoms with Gasteiger partial charge in [-0.05, 0) is 76.7 Å². The van der Waals surface area contributed by atoms with Crippen molar-refractivity contribution in [3.63, 3.8) is 0 Å². The molecule has 0 aliphatic rings. The minimum absolute atomic E-state index is 0.00476. The van der Waals surface area contributed by atoms with Crippen molar-refractivity contribution in [2.75, 3.05) is 20.0 Å². The molecule has 3 aromatic rings. The van der Waals surface area contributed by atoms with E-state index in [4.69, 9.17) is 13.9 Å². The number of rotatable bonds is 11. The third-order valence-corrected chi connectivity index (χ3v) is 6.26. The molecule has 0 saturated carbocycles. The maximum Gasteiger partial charge on any atom is 0.277 e. The van der Waals surface area contributed by atoms with E-state index in [-0.39, 0.29) is 17.4 Å². The number of phenolic OH excluding ortho intramolecular Hbond substituents is 1. The summed E-state index contributed by atoms with van der Waals surface area (Å²) in [6.45, 7) is 2.06. The van der Waals surface area contributed by atoms with Gasteiger partial charge in [0.05, 0.1) is 30.7 Å². The van der Waals surface area contributed by atoms with Gasteiger partial charge in [-0.1, -0.05) is 17.8 Å². The third-order valence-electron chi connectivity index (χ3n) is 4.84. The molecule has 1 heterocycles. The Morgan fingerprint density at radius 1 is 1.24 bits per heavy atom. The minimum atomic E-state index is -0.319. The maximum absolute atomic E-state index is 12.0. The second-order valence-corrected chi connectivity index (χ2v) is 9.02. The molecule has 11 heteroatoms. The molecule has 0 fully saturated rings. The van der Waals surface area contributed by atoms with E-state index in [0.29, 0.717) is 33.3 Å². The summed E-state index contributed by atoms with van der Waals surface area (Å²) in [7, 11) is 3.11. The number of amides is 1. The fourth-order valence-corrected chi connectivity index (χ4v) is 4.10. The van der Waals surface area contributed by atoms with Gasteiger partial charge < -0.3 is 19.0 Å². The van der Waals surface area contributed by atoms with Gasteiger partial charge in [0, 0.05) is 6.42 Å². The lowest BCUT2D eigenvalue weighted by Gasteiger charge is -2.07. The summed E-state index contributed by atoms with van der Waals surface area (Å²) in [6.07, 6.45) is 3.86. The predicted octanol–water partition coefficient (Wildman–Crippen LogP) is 4.28. The quantitative estimate of drug-likeness (QED) is 0.207. The highest BCUT2D eigenvalue weighted by Crippen LogP contribution is 2.34. The van der Waals surface area contributed by atoms with Crippen LogP contribution in [0.3, 0.4) is 0 Å². The van der Waals surface area contributed by atoms with Gasteiger partial charge in [-0.2, -0.15) is 5.10 Å². The highest BCUT2D eigenvalue weighted by Gasteiger charge is 2.11. The Labute approximate surface area is 210 Å². The first-order chi connectivity index (χ1) is 16.4. The Balaban J connectivity index is 1.41. The highest BCUT2D eigenvalue weighted by atomic mass is 79.9. The van der Waals surface area contributed by atoms with Crippen LogP contribution >= 0.6 is 27.7 Å². The smallest absolute Gasteiger partial charge is 0.277 e. The van der Waals surface area contributed by atoms with Crippen LogP contribution in [0.4, 0.5) is 0 Å². The molecule has 1 amide bonds. The molecule has 0 saturated heterocycles. The number of nitrogens with zero attached hydrogens (tertiary/aromatic N) is 3. The lowest BCUT2D eigenvalue weighted by atomic mass is 10.0. The third kappa shape index (κ3) is 7.22. The van der Waals surface area contributed by atoms with Crippen molar-refractivity contribution in [3.8, 4) is 17.2 Å². The topological polar surface area (TPSA) is 119 Å². The molecule has 0 atom stereocenters. The number of carbonyl (C=O) groups is 1. The fraction of sp³-hybridized carbons (Fsp3) is 0.304. The first-order valence-corrected chi connectivity index (χ1v) is 12.1. The van der Waals surface area contributed by atoms with E-state index in [0.717, 1.165) is 30.4 Å². The molecule has 0 aliphatic heterocycles. The molecule has 1 aromatic heterocycles. The van der Waals surface area contributed by atoms with Gasteiger partial charge in [0.1, 0.15) is 5.75 Å². The van der Waals surface area contributed by atoms with Crippen LogP contribution < -0.4 is 14.9 Å². The molecule has 9 nitrogen and oxygen atoms in total. The molecule has 3 rings (SSSR count). The molecule has 0 radical (unpaired) electrons. The Hall–Kier alpha value is -3.05. The van der Waals surface area contributed by atoms with Crippen molar-refractivity contribution in [2.24, 2.45) is 5.10 Å². The van der Waals surface area contributed by atoms with E-state index in [2.05, 4.69) is 49.6 Å². The summed E-state index contributed by atoms with van der Waals surface area (Å²) in [5.74, 6) is 1.44. The summed E-state index contributed by atoms with van der Waals surface area (Å²) in [4.78, 5) is 12.0. The molecule has 180 valence electrons. The lowest BCUT2D eigenvalue weighted by Crippen LogP contribution is -2.19. The molecule has 0 unspecified atom stereocenters. The molecule has 0 aliphatic carbocycles. The van der Waals surface area contributed by atoms with Crippen LogP contribution in [0, 0.1) is 6.92 Å². The number of carbonyl (C=O) groups excluding carboxylic acids is 1. The van der Waals surface area contributed by atoms with Crippen molar-refractivity contribution < 1.29 is 23.8 Å². The van der Waals surface area contributed by atoms with Crippen molar-refractivity contribution in [1.82, 2.24) is 15.6 Å². The summed E-state index contributed by atoms with van der Waals surface area (Å²) in [6, 6.07) is 9.30. The normalized spacial score (nSPS) is 11.1. The Bertz CT molecular complexity index is 1170. The molecule has 0 bridgehead atoms. The van der Waals surface area contributed by atoms with Crippen LogP contribution in [0.1, 0.15) is 29.0 Å². The van der Waals surface area contributed by atoms with Crippen LogP contribution in [0.2, 0.25) is 0 Å². The van der Waals surface area contributed by atoms with Crippen LogP contribution in [0.5, 0.6) is 17.2 Å². The number of ether oxygens (including phenoxy) is 2. The Kier molecular flexibility index (Phi) is 9.34. The maximum atomic E-state index is 12.0. The summed E-state index contributed by atoms with van der Waals surface area (Å²) >= 11 is 4.38. The number of aryl methyl sites for hydroxylation is 3. The highest BCUT2D eigenvalue weighted by molar-refractivity contribution is 9.10. The van der Waals surface area contributed by atoms with Crippen LogP contribution in [-0.2, 0) is 17.6 Å². The molecule has 2 aromatic carbocycles. The zero-order valence-electron chi connectivity index (χ0n) is 19.0. The minimum Gasteiger partial charge on any atom is -0.503 e. The van der Waals surface area contributed by atoms with E-state index >= 15 is 0 Å². The SMILES string of the molecule is COc1ccc(CCCc2nnc(SCC(=O)N/N=C/c3cc(Br)c(O)c(OC)c3)o2)c(C)c1.